The molecular weight excluding hydrogens is 334 g/mol. The summed E-state index contributed by atoms with van der Waals surface area (Å²) in [7, 11) is 4.78. The maximum Gasteiger partial charge on any atom is 0.234 e. The molecule has 3 rings (SSSR count). The van der Waals surface area contributed by atoms with Crippen molar-refractivity contribution in [2.45, 2.75) is 5.25 Å². The second-order valence-corrected chi connectivity index (χ2v) is 6.94. The Balaban J connectivity index is 2.10. The van der Waals surface area contributed by atoms with Gasteiger partial charge in [-0.3, -0.25) is 4.79 Å². The van der Waals surface area contributed by atoms with Gasteiger partial charge in [-0.15, -0.1) is 23.1 Å². The van der Waals surface area contributed by atoms with E-state index < -0.39 is 0 Å². The molecule has 0 bridgehead atoms. The second kappa shape index (κ2) is 6.72. The normalized spacial score (nSPS) is 17.0. The standard InChI is InChI=1S/C16H17NO4S2/c1-19-11-6-9(7-12(20-2)14(11)21-3)15-16-10(4-5-22-16)17-13(18)8-23-15/h4-7,15H,8H2,1-3H3,(H,17,18)/t15-/m1/s1. The van der Waals surface area contributed by atoms with Gasteiger partial charge in [0, 0.05) is 4.88 Å². The summed E-state index contributed by atoms with van der Waals surface area (Å²) in [4.78, 5) is 13.0. The summed E-state index contributed by atoms with van der Waals surface area (Å²) >= 11 is 3.22. The Labute approximate surface area is 142 Å². The highest BCUT2D eigenvalue weighted by molar-refractivity contribution is 8.00. The molecule has 2 heterocycles. The van der Waals surface area contributed by atoms with Crippen LogP contribution in [0.15, 0.2) is 23.6 Å². The Morgan fingerprint density at radius 1 is 1.13 bits per heavy atom. The number of anilines is 1. The monoisotopic (exact) mass is 351 g/mol. The maximum absolute atomic E-state index is 11.9. The molecule has 1 aromatic carbocycles. The van der Waals surface area contributed by atoms with Crippen LogP contribution < -0.4 is 19.5 Å². The molecule has 122 valence electrons. The van der Waals surface area contributed by atoms with Crippen molar-refractivity contribution < 1.29 is 19.0 Å². The molecule has 0 saturated carbocycles. The average Bonchev–Trinajstić information content (AvgIpc) is 2.95. The number of hydrogen-bond donors (Lipinski definition) is 1. The van der Waals surface area contributed by atoms with Crippen molar-refractivity contribution in [1.29, 1.82) is 0 Å². The minimum absolute atomic E-state index is 0.0181. The van der Waals surface area contributed by atoms with E-state index in [0.29, 0.717) is 23.0 Å². The fraction of sp³-hybridized carbons (Fsp3) is 0.312. The molecule has 1 aliphatic rings. The zero-order chi connectivity index (χ0) is 16.4. The highest BCUT2D eigenvalue weighted by atomic mass is 32.2. The van der Waals surface area contributed by atoms with Crippen molar-refractivity contribution in [3.05, 3.63) is 34.0 Å². The van der Waals surface area contributed by atoms with Crippen LogP contribution in [0.1, 0.15) is 15.7 Å². The third-order valence-electron chi connectivity index (χ3n) is 3.58. The fourth-order valence-electron chi connectivity index (χ4n) is 2.55. The number of benzene rings is 1. The topological polar surface area (TPSA) is 56.8 Å². The summed E-state index contributed by atoms with van der Waals surface area (Å²) < 4.78 is 16.3. The third kappa shape index (κ3) is 2.98. The summed E-state index contributed by atoms with van der Waals surface area (Å²) in [5, 5.41) is 4.97. The Kier molecular flexibility index (Phi) is 4.68. The first kappa shape index (κ1) is 16.0. The van der Waals surface area contributed by atoms with E-state index in [2.05, 4.69) is 5.32 Å². The predicted molar refractivity (Wildman–Crippen MR) is 93.3 cm³/mol. The van der Waals surface area contributed by atoms with Gasteiger partial charge in [-0.1, -0.05) is 0 Å². The van der Waals surface area contributed by atoms with Gasteiger partial charge in [0.1, 0.15) is 0 Å². The van der Waals surface area contributed by atoms with Crippen LogP contribution >= 0.6 is 23.1 Å². The van der Waals surface area contributed by atoms with Crippen LogP contribution in [0.3, 0.4) is 0 Å². The third-order valence-corrected chi connectivity index (χ3v) is 5.98. The van der Waals surface area contributed by atoms with Crippen LogP contribution in [-0.4, -0.2) is 33.0 Å². The Morgan fingerprint density at radius 2 is 1.83 bits per heavy atom. The predicted octanol–water partition coefficient (Wildman–Crippen LogP) is 3.55. The van der Waals surface area contributed by atoms with Crippen molar-refractivity contribution in [3.8, 4) is 17.2 Å². The number of carbonyl (C=O) groups excluding carboxylic acids is 1. The lowest BCUT2D eigenvalue weighted by Gasteiger charge is -2.18. The van der Waals surface area contributed by atoms with Crippen LogP contribution in [0.25, 0.3) is 0 Å². The first-order valence-corrected chi connectivity index (χ1v) is 8.89. The number of amides is 1. The van der Waals surface area contributed by atoms with Crippen molar-refractivity contribution in [2.24, 2.45) is 0 Å². The molecule has 0 saturated heterocycles. The van der Waals surface area contributed by atoms with Crippen LogP contribution in [0.4, 0.5) is 5.69 Å². The van der Waals surface area contributed by atoms with E-state index in [1.165, 1.54) is 0 Å². The van der Waals surface area contributed by atoms with Crippen molar-refractivity contribution >= 4 is 34.7 Å². The lowest BCUT2D eigenvalue weighted by Crippen LogP contribution is -2.11. The Morgan fingerprint density at radius 3 is 2.43 bits per heavy atom. The molecule has 1 atom stereocenters. The number of nitrogens with one attached hydrogen (secondary N) is 1. The van der Waals surface area contributed by atoms with Crippen molar-refractivity contribution in [1.82, 2.24) is 0 Å². The minimum atomic E-state index is 0.0181. The molecule has 0 aliphatic carbocycles. The highest BCUT2D eigenvalue weighted by Crippen LogP contribution is 2.48. The molecule has 1 aliphatic heterocycles. The second-order valence-electron chi connectivity index (χ2n) is 4.90. The number of hydrogen-bond acceptors (Lipinski definition) is 6. The quantitative estimate of drug-likeness (QED) is 0.913. The average molecular weight is 351 g/mol. The first-order valence-electron chi connectivity index (χ1n) is 6.96. The smallest absolute Gasteiger partial charge is 0.234 e. The van der Waals surface area contributed by atoms with Gasteiger partial charge in [0.2, 0.25) is 11.7 Å². The van der Waals surface area contributed by atoms with E-state index in [-0.39, 0.29) is 11.2 Å². The lowest BCUT2D eigenvalue weighted by molar-refractivity contribution is -0.113. The molecule has 2 aromatic rings. The zero-order valence-electron chi connectivity index (χ0n) is 13.0. The largest absolute Gasteiger partial charge is 0.493 e. The van der Waals surface area contributed by atoms with E-state index >= 15 is 0 Å². The number of fused-ring (bicyclic) bond motifs is 1. The van der Waals surface area contributed by atoms with Gasteiger partial charge in [-0.05, 0) is 29.1 Å². The fourth-order valence-corrected chi connectivity index (χ4v) is 4.77. The van der Waals surface area contributed by atoms with E-state index in [0.717, 1.165) is 16.1 Å². The molecule has 0 unspecified atom stereocenters. The number of rotatable bonds is 4. The first-order chi connectivity index (χ1) is 11.2. The van der Waals surface area contributed by atoms with Crippen molar-refractivity contribution in [3.63, 3.8) is 0 Å². The molecule has 1 amide bonds. The van der Waals surface area contributed by atoms with Gasteiger partial charge in [0.15, 0.2) is 11.5 Å². The molecule has 1 aromatic heterocycles. The van der Waals surface area contributed by atoms with Crippen LogP contribution in [0, 0.1) is 0 Å². The van der Waals surface area contributed by atoms with Crippen LogP contribution in [0.2, 0.25) is 0 Å². The Hall–Kier alpha value is -1.86. The molecule has 23 heavy (non-hydrogen) atoms. The number of ether oxygens (including phenoxy) is 3. The van der Waals surface area contributed by atoms with Crippen LogP contribution in [-0.2, 0) is 4.79 Å². The molecule has 0 fully saturated rings. The maximum atomic E-state index is 11.9. The number of carbonyl (C=O) groups is 1. The lowest BCUT2D eigenvalue weighted by atomic mass is 10.1. The molecular formula is C16H17NO4S2. The summed E-state index contributed by atoms with van der Waals surface area (Å²) in [6.07, 6.45) is 0. The van der Waals surface area contributed by atoms with Gasteiger partial charge in [0.05, 0.1) is 38.0 Å². The minimum Gasteiger partial charge on any atom is -0.493 e. The summed E-state index contributed by atoms with van der Waals surface area (Å²) in [5.74, 6) is 2.22. The summed E-state index contributed by atoms with van der Waals surface area (Å²) in [5.41, 5.74) is 1.90. The number of thiophene rings is 1. The van der Waals surface area contributed by atoms with Crippen molar-refractivity contribution in [2.75, 3.05) is 32.4 Å². The molecule has 0 spiro atoms. The summed E-state index contributed by atoms with van der Waals surface area (Å²) in [6.45, 7) is 0. The van der Waals surface area contributed by atoms with Gasteiger partial charge in [0.25, 0.3) is 0 Å². The van der Waals surface area contributed by atoms with E-state index in [1.54, 1.807) is 44.4 Å². The highest BCUT2D eigenvalue weighted by Gasteiger charge is 2.27. The van der Waals surface area contributed by atoms with E-state index in [9.17, 15) is 4.79 Å². The van der Waals surface area contributed by atoms with Gasteiger partial charge < -0.3 is 19.5 Å². The van der Waals surface area contributed by atoms with Gasteiger partial charge >= 0.3 is 0 Å². The number of thioether (sulfide) groups is 1. The molecule has 1 N–H and O–H groups in total. The zero-order valence-corrected chi connectivity index (χ0v) is 14.7. The molecule has 5 nitrogen and oxygen atoms in total. The SMILES string of the molecule is COc1cc([C@H]2SCC(=O)Nc3ccsc32)cc(OC)c1OC. The number of methoxy groups -OCH3 is 3. The van der Waals surface area contributed by atoms with Gasteiger partial charge in [-0.2, -0.15) is 0 Å². The van der Waals surface area contributed by atoms with Crippen LogP contribution in [0.5, 0.6) is 17.2 Å². The molecule has 7 heteroatoms. The Bertz CT molecular complexity index is 704. The summed E-state index contributed by atoms with van der Waals surface area (Å²) in [6, 6.07) is 5.82. The van der Waals surface area contributed by atoms with E-state index in [1.807, 2.05) is 23.6 Å². The van der Waals surface area contributed by atoms with E-state index in [4.69, 9.17) is 14.2 Å². The molecule has 0 radical (unpaired) electrons. The van der Waals surface area contributed by atoms with Gasteiger partial charge in [-0.25, -0.2) is 0 Å².